The molecule has 1 aromatic carbocycles. The molecule has 3 N–H and O–H groups in total. The standard InChI is InChI=1S/C16H17F3N4O3S/c1-2-8-21-15(24)23-27(25,26)13-10-11(6-7-12(13)16(17,18)19)22-14-5-3-4-9-20-14/h3-7,9-10H,2,8H2,1H3,(H,20,22)(H2,21,23,24). The molecule has 0 unspecified atom stereocenters. The molecule has 0 aliphatic rings. The number of nitrogens with zero attached hydrogens (tertiary/aromatic N) is 1. The van der Waals surface area contributed by atoms with Gasteiger partial charge >= 0.3 is 12.2 Å². The number of pyridine rings is 1. The second kappa shape index (κ2) is 8.25. The predicted molar refractivity (Wildman–Crippen MR) is 93.0 cm³/mol. The molecule has 0 aliphatic carbocycles. The van der Waals surface area contributed by atoms with Crippen molar-refractivity contribution < 1.29 is 26.4 Å². The number of halogens is 3. The number of hydrogen-bond acceptors (Lipinski definition) is 5. The minimum Gasteiger partial charge on any atom is -0.340 e. The summed E-state index contributed by atoms with van der Waals surface area (Å²) >= 11 is 0. The molecular formula is C16H17F3N4O3S. The van der Waals surface area contributed by atoms with Crippen molar-refractivity contribution in [2.24, 2.45) is 0 Å². The van der Waals surface area contributed by atoms with Crippen LogP contribution in [0.1, 0.15) is 18.9 Å². The molecule has 2 rings (SSSR count). The van der Waals surface area contributed by atoms with E-state index in [1.807, 2.05) is 0 Å². The molecule has 0 saturated carbocycles. The van der Waals surface area contributed by atoms with Crippen LogP contribution in [0.4, 0.5) is 29.5 Å². The number of aromatic nitrogens is 1. The first-order valence-corrected chi connectivity index (χ1v) is 9.31. The maximum absolute atomic E-state index is 13.3. The van der Waals surface area contributed by atoms with Crippen LogP contribution in [0.25, 0.3) is 0 Å². The van der Waals surface area contributed by atoms with E-state index in [1.54, 1.807) is 29.8 Å². The molecule has 11 heteroatoms. The van der Waals surface area contributed by atoms with Gasteiger partial charge in [-0.1, -0.05) is 13.0 Å². The van der Waals surface area contributed by atoms with Crippen molar-refractivity contribution in [1.29, 1.82) is 0 Å². The number of benzene rings is 1. The Labute approximate surface area is 154 Å². The van der Waals surface area contributed by atoms with E-state index >= 15 is 0 Å². The lowest BCUT2D eigenvalue weighted by atomic mass is 10.2. The summed E-state index contributed by atoms with van der Waals surface area (Å²) in [6.07, 6.45) is -2.93. The molecule has 0 spiro atoms. The predicted octanol–water partition coefficient (Wildman–Crippen LogP) is 3.24. The van der Waals surface area contributed by atoms with Gasteiger partial charge in [-0.15, -0.1) is 0 Å². The number of rotatable bonds is 6. The zero-order valence-corrected chi connectivity index (χ0v) is 15.0. The highest BCUT2D eigenvalue weighted by Crippen LogP contribution is 2.36. The topological polar surface area (TPSA) is 100 Å². The number of nitrogens with one attached hydrogen (secondary N) is 3. The molecule has 0 saturated heterocycles. The minimum absolute atomic E-state index is 0.0658. The Kier molecular flexibility index (Phi) is 6.26. The Morgan fingerprint density at radius 3 is 2.52 bits per heavy atom. The van der Waals surface area contributed by atoms with Gasteiger partial charge in [0.15, 0.2) is 0 Å². The van der Waals surface area contributed by atoms with Gasteiger partial charge in [-0.3, -0.25) is 0 Å². The summed E-state index contributed by atoms with van der Waals surface area (Å²) in [5.41, 5.74) is -1.32. The van der Waals surface area contributed by atoms with Crippen LogP contribution in [-0.4, -0.2) is 26.0 Å². The molecule has 0 fully saturated rings. The van der Waals surface area contributed by atoms with Crippen molar-refractivity contribution in [3.8, 4) is 0 Å². The van der Waals surface area contributed by atoms with Crippen molar-refractivity contribution in [1.82, 2.24) is 15.0 Å². The minimum atomic E-state index is -4.92. The van der Waals surface area contributed by atoms with E-state index < -0.39 is 32.7 Å². The van der Waals surface area contributed by atoms with E-state index in [1.165, 1.54) is 6.20 Å². The lowest BCUT2D eigenvalue weighted by molar-refractivity contribution is -0.139. The summed E-state index contributed by atoms with van der Waals surface area (Å²) in [4.78, 5) is 14.5. The summed E-state index contributed by atoms with van der Waals surface area (Å²) in [7, 11) is -4.76. The summed E-state index contributed by atoms with van der Waals surface area (Å²) in [6.45, 7) is 1.91. The highest BCUT2D eigenvalue weighted by Gasteiger charge is 2.38. The largest absolute Gasteiger partial charge is 0.417 e. The number of carbonyl (C=O) groups excluding carboxylic acids is 1. The van der Waals surface area contributed by atoms with E-state index in [0.29, 0.717) is 18.3 Å². The highest BCUT2D eigenvalue weighted by atomic mass is 32.2. The molecule has 0 bridgehead atoms. The Bertz CT molecular complexity index is 903. The first-order chi connectivity index (χ1) is 12.6. The fraction of sp³-hybridized carbons (Fsp3) is 0.250. The SMILES string of the molecule is CCCNC(=O)NS(=O)(=O)c1cc(Nc2ccccn2)ccc1C(F)(F)F. The highest BCUT2D eigenvalue weighted by molar-refractivity contribution is 7.90. The van der Waals surface area contributed by atoms with Gasteiger partial charge in [-0.05, 0) is 36.8 Å². The first kappa shape index (κ1) is 20.5. The molecule has 1 heterocycles. The third kappa shape index (κ3) is 5.58. The van der Waals surface area contributed by atoms with Gasteiger partial charge < -0.3 is 10.6 Å². The molecule has 1 aromatic heterocycles. The molecule has 0 radical (unpaired) electrons. The number of anilines is 2. The van der Waals surface area contributed by atoms with E-state index in [2.05, 4.69) is 15.6 Å². The molecule has 0 atom stereocenters. The monoisotopic (exact) mass is 402 g/mol. The zero-order chi connectivity index (χ0) is 20.1. The van der Waals surface area contributed by atoms with Gasteiger partial charge in [-0.2, -0.15) is 13.2 Å². The number of urea groups is 1. The van der Waals surface area contributed by atoms with Crippen LogP contribution in [0.3, 0.4) is 0 Å². The Balaban J connectivity index is 2.41. The smallest absolute Gasteiger partial charge is 0.340 e. The van der Waals surface area contributed by atoms with E-state index in [-0.39, 0.29) is 12.2 Å². The van der Waals surface area contributed by atoms with Crippen LogP contribution < -0.4 is 15.4 Å². The van der Waals surface area contributed by atoms with Crippen LogP contribution in [-0.2, 0) is 16.2 Å². The number of sulfonamides is 1. The van der Waals surface area contributed by atoms with E-state index in [9.17, 15) is 26.4 Å². The zero-order valence-electron chi connectivity index (χ0n) is 14.2. The molecular weight excluding hydrogens is 385 g/mol. The average molecular weight is 402 g/mol. The lowest BCUT2D eigenvalue weighted by Crippen LogP contribution is -2.40. The van der Waals surface area contributed by atoms with Crippen LogP contribution in [0.15, 0.2) is 47.5 Å². The Morgan fingerprint density at radius 1 is 1.19 bits per heavy atom. The second-order valence-corrected chi connectivity index (χ2v) is 7.06. The van der Waals surface area contributed by atoms with E-state index in [0.717, 1.165) is 12.1 Å². The second-order valence-electron chi connectivity index (χ2n) is 5.41. The number of amides is 2. The third-order valence-electron chi connectivity index (χ3n) is 3.28. The summed E-state index contributed by atoms with van der Waals surface area (Å²) in [6, 6.07) is 6.25. The first-order valence-electron chi connectivity index (χ1n) is 7.83. The van der Waals surface area contributed by atoms with Gasteiger partial charge in [0.05, 0.1) is 5.56 Å². The molecule has 7 nitrogen and oxygen atoms in total. The number of hydrogen-bond donors (Lipinski definition) is 3. The summed E-state index contributed by atoms with van der Waals surface area (Å²) < 4.78 is 66.1. The average Bonchev–Trinajstić information content (AvgIpc) is 2.59. The van der Waals surface area contributed by atoms with Crippen LogP contribution in [0.5, 0.6) is 0 Å². The lowest BCUT2D eigenvalue weighted by Gasteiger charge is -2.16. The fourth-order valence-electron chi connectivity index (χ4n) is 2.09. The van der Waals surface area contributed by atoms with Gasteiger partial charge in [0.1, 0.15) is 10.7 Å². The quantitative estimate of drug-likeness (QED) is 0.689. The van der Waals surface area contributed by atoms with Crippen LogP contribution in [0.2, 0.25) is 0 Å². The Morgan fingerprint density at radius 2 is 1.93 bits per heavy atom. The molecule has 27 heavy (non-hydrogen) atoms. The van der Waals surface area contributed by atoms with Crippen molar-refractivity contribution >= 4 is 27.6 Å². The van der Waals surface area contributed by atoms with Gasteiger partial charge in [0.2, 0.25) is 0 Å². The van der Waals surface area contributed by atoms with Crippen LogP contribution in [0, 0.1) is 0 Å². The van der Waals surface area contributed by atoms with Gasteiger partial charge in [-0.25, -0.2) is 22.9 Å². The van der Waals surface area contributed by atoms with Crippen LogP contribution >= 0.6 is 0 Å². The molecule has 2 amide bonds. The van der Waals surface area contributed by atoms with Crippen molar-refractivity contribution in [3.05, 3.63) is 48.2 Å². The van der Waals surface area contributed by atoms with Gasteiger partial charge in [0.25, 0.3) is 10.0 Å². The summed E-state index contributed by atoms with van der Waals surface area (Å²) in [5, 5.41) is 4.95. The van der Waals surface area contributed by atoms with Crippen molar-refractivity contribution in [2.45, 2.75) is 24.4 Å². The molecule has 2 aromatic rings. The summed E-state index contributed by atoms with van der Waals surface area (Å²) in [5.74, 6) is 0.314. The normalized spacial score (nSPS) is 11.7. The maximum atomic E-state index is 13.3. The van der Waals surface area contributed by atoms with Crippen molar-refractivity contribution in [3.63, 3.8) is 0 Å². The van der Waals surface area contributed by atoms with Gasteiger partial charge in [0, 0.05) is 18.4 Å². The molecule has 146 valence electrons. The van der Waals surface area contributed by atoms with E-state index in [4.69, 9.17) is 0 Å². The number of carbonyl (C=O) groups is 1. The molecule has 0 aliphatic heterocycles. The fourth-order valence-corrected chi connectivity index (χ4v) is 3.27. The number of alkyl halides is 3. The maximum Gasteiger partial charge on any atom is 0.417 e. The third-order valence-corrected chi connectivity index (χ3v) is 4.65. The van der Waals surface area contributed by atoms with Crippen molar-refractivity contribution in [2.75, 3.05) is 11.9 Å². The Hall–Kier alpha value is -2.82.